The van der Waals surface area contributed by atoms with Gasteiger partial charge in [-0.1, -0.05) is 25.1 Å². The van der Waals surface area contributed by atoms with Crippen molar-refractivity contribution in [3.05, 3.63) is 30.3 Å². The average molecular weight is 313 g/mol. The molecule has 1 fully saturated rings. The number of hydrazone groups is 1. The van der Waals surface area contributed by atoms with E-state index in [9.17, 15) is 9.59 Å². The van der Waals surface area contributed by atoms with Gasteiger partial charge in [-0.25, -0.2) is 5.01 Å². The molecule has 1 unspecified atom stereocenters. The van der Waals surface area contributed by atoms with Crippen LogP contribution in [-0.4, -0.2) is 35.0 Å². The molecular weight excluding hydrogens is 290 g/mol. The molecule has 1 aromatic carbocycles. The molecule has 0 saturated carbocycles. The second-order valence-electron chi connectivity index (χ2n) is 6.14. The van der Waals surface area contributed by atoms with Gasteiger partial charge in [0.05, 0.1) is 5.69 Å². The van der Waals surface area contributed by atoms with Crippen molar-refractivity contribution in [2.45, 2.75) is 51.5 Å². The minimum Gasteiger partial charge on any atom is -0.335 e. The lowest BCUT2D eigenvalue weighted by Crippen LogP contribution is -2.48. The molecule has 122 valence electrons. The van der Waals surface area contributed by atoms with Crippen LogP contribution in [0.3, 0.4) is 0 Å². The summed E-state index contributed by atoms with van der Waals surface area (Å²) < 4.78 is 0. The van der Waals surface area contributed by atoms with Crippen molar-refractivity contribution in [3.8, 4) is 0 Å². The number of anilines is 1. The number of likely N-dealkylation sites (tertiary alicyclic amines) is 1. The third-order valence-electron chi connectivity index (χ3n) is 4.64. The molecule has 0 radical (unpaired) electrons. The van der Waals surface area contributed by atoms with E-state index in [0.717, 1.165) is 25.8 Å². The van der Waals surface area contributed by atoms with Gasteiger partial charge in [0.15, 0.2) is 0 Å². The van der Waals surface area contributed by atoms with Crippen molar-refractivity contribution >= 4 is 23.2 Å². The highest BCUT2D eigenvalue weighted by Crippen LogP contribution is 2.23. The molecule has 1 aromatic rings. The normalized spacial score (nSPS) is 22.0. The minimum absolute atomic E-state index is 0.00461. The van der Waals surface area contributed by atoms with E-state index in [1.54, 1.807) is 0 Å². The van der Waals surface area contributed by atoms with Gasteiger partial charge in [-0.3, -0.25) is 9.59 Å². The Morgan fingerprint density at radius 1 is 1.22 bits per heavy atom. The predicted molar refractivity (Wildman–Crippen MR) is 90.2 cm³/mol. The van der Waals surface area contributed by atoms with Crippen LogP contribution < -0.4 is 5.01 Å². The Bertz CT molecular complexity index is 612. The van der Waals surface area contributed by atoms with Crippen LogP contribution in [0.4, 0.5) is 5.69 Å². The van der Waals surface area contributed by atoms with Gasteiger partial charge in [-0.15, -0.1) is 0 Å². The van der Waals surface area contributed by atoms with Crippen molar-refractivity contribution in [3.63, 3.8) is 0 Å². The zero-order valence-corrected chi connectivity index (χ0v) is 13.6. The number of hydrogen-bond acceptors (Lipinski definition) is 3. The van der Waals surface area contributed by atoms with Crippen LogP contribution in [-0.2, 0) is 9.59 Å². The summed E-state index contributed by atoms with van der Waals surface area (Å²) in [6.45, 7) is 2.92. The number of nitrogens with zero attached hydrogens (tertiary/aromatic N) is 3. The molecule has 0 spiro atoms. The van der Waals surface area contributed by atoms with Gasteiger partial charge in [0.1, 0.15) is 5.71 Å². The van der Waals surface area contributed by atoms with Gasteiger partial charge in [-0.2, -0.15) is 5.10 Å². The molecule has 2 aliphatic heterocycles. The fourth-order valence-electron chi connectivity index (χ4n) is 3.34. The summed E-state index contributed by atoms with van der Waals surface area (Å²) in [4.78, 5) is 27.0. The molecule has 0 N–H and O–H groups in total. The molecule has 5 nitrogen and oxygen atoms in total. The summed E-state index contributed by atoms with van der Waals surface area (Å²) in [5.74, 6) is -0.0524. The molecule has 2 amide bonds. The lowest BCUT2D eigenvalue weighted by molar-refractivity contribution is -0.127. The maximum atomic E-state index is 12.9. The molecule has 23 heavy (non-hydrogen) atoms. The zero-order chi connectivity index (χ0) is 16.2. The van der Waals surface area contributed by atoms with Crippen molar-refractivity contribution in [2.75, 3.05) is 11.6 Å². The van der Waals surface area contributed by atoms with Crippen LogP contribution in [0, 0.1) is 0 Å². The fraction of sp³-hybridized carbons (Fsp3) is 0.500. The van der Waals surface area contributed by atoms with E-state index in [4.69, 9.17) is 0 Å². The number of piperidine rings is 1. The van der Waals surface area contributed by atoms with E-state index in [0.29, 0.717) is 30.3 Å². The van der Waals surface area contributed by atoms with Crippen LogP contribution >= 0.6 is 0 Å². The van der Waals surface area contributed by atoms with Crippen LogP contribution in [0.2, 0.25) is 0 Å². The van der Waals surface area contributed by atoms with E-state index in [1.165, 1.54) is 11.4 Å². The molecule has 1 saturated heterocycles. The molecule has 1 atom stereocenters. The second-order valence-corrected chi connectivity index (χ2v) is 6.14. The number of carbonyl (C=O) groups is 2. The Hall–Kier alpha value is -2.17. The first-order chi connectivity index (χ1) is 11.2. The maximum absolute atomic E-state index is 12.9. The highest BCUT2D eigenvalue weighted by Gasteiger charge is 2.32. The third-order valence-corrected chi connectivity index (χ3v) is 4.64. The number of rotatable bonds is 3. The lowest BCUT2D eigenvalue weighted by Gasteiger charge is -2.36. The van der Waals surface area contributed by atoms with Crippen LogP contribution in [0.25, 0.3) is 0 Å². The first-order valence-electron chi connectivity index (χ1n) is 8.47. The number of hydrogen-bond donors (Lipinski definition) is 0. The van der Waals surface area contributed by atoms with E-state index < -0.39 is 0 Å². The molecule has 2 aliphatic rings. The summed E-state index contributed by atoms with van der Waals surface area (Å²) in [7, 11) is 0. The van der Waals surface area contributed by atoms with E-state index >= 15 is 0 Å². The fourth-order valence-corrected chi connectivity index (χ4v) is 3.34. The topological polar surface area (TPSA) is 53.0 Å². The zero-order valence-electron chi connectivity index (χ0n) is 13.6. The Morgan fingerprint density at radius 3 is 2.74 bits per heavy atom. The van der Waals surface area contributed by atoms with E-state index in [1.807, 2.05) is 35.2 Å². The highest BCUT2D eigenvalue weighted by atomic mass is 16.2. The molecule has 2 heterocycles. The van der Waals surface area contributed by atoms with Crippen LogP contribution in [0.15, 0.2) is 35.4 Å². The Labute approximate surface area is 137 Å². The predicted octanol–water partition coefficient (Wildman–Crippen LogP) is 2.96. The van der Waals surface area contributed by atoms with Gasteiger partial charge in [-0.05, 0) is 37.8 Å². The number of amides is 2. The number of carbonyl (C=O) groups excluding carboxylic acids is 2. The van der Waals surface area contributed by atoms with E-state index in [-0.39, 0.29) is 11.8 Å². The van der Waals surface area contributed by atoms with Crippen LogP contribution in [0.1, 0.15) is 45.4 Å². The summed E-state index contributed by atoms with van der Waals surface area (Å²) in [5, 5.41) is 5.76. The van der Waals surface area contributed by atoms with Gasteiger partial charge in [0.2, 0.25) is 5.91 Å². The van der Waals surface area contributed by atoms with Crippen molar-refractivity contribution < 1.29 is 9.59 Å². The minimum atomic E-state index is -0.0570. The Balaban J connectivity index is 1.83. The smallest absolute Gasteiger partial charge is 0.270 e. The third kappa shape index (κ3) is 3.28. The van der Waals surface area contributed by atoms with Crippen molar-refractivity contribution in [1.29, 1.82) is 0 Å². The second kappa shape index (κ2) is 6.94. The maximum Gasteiger partial charge on any atom is 0.270 e. The lowest BCUT2D eigenvalue weighted by atomic mass is 9.98. The van der Waals surface area contributed by atoms with Crippen molar-refractivity contribution in [1.82, 2.24) is 4.90 Å². The standard InChI is InChI=1S/C18H23N3O2/c1-2-14-8-6-7-13-20(14)18(23)16-11-12-17(22)21(19-16)15-9-4-3-5-10-15/h3-5,9-10,14H,2,6-8,11-13H2,1H3. The first kappa shape index (κ1) is 15.7. The monoisotopic (exact) mass is 313 g/mol. The first-order valence-corrected chi connectivity index (χ1v) is 8.47. The summed E-state index contributed by atoms with van der Waals surface area (Å²) in [6, 6.07) is 9.61. The molecular formula is C18H23N3O2. The van der Waals surface area contributed by atoms with Gasteiger partial charge in [0.25, 0.3) is 5.91 Å². The number of para-hydroxylation sites is 1. The Kier molecular flexibility index (Phi) is 4.74. The van der Waals surface area contributed by atoms with Gasteiger partial charge in [0, 0.05) is 25.4 Å². The molecule has 0 aromatic heterocycles. The quantitative estimate of drug-likeness (QED) is 0.861. The average Bonchev–Trinajstić information content (AvgIpc) is 2.62. The summed E-state index contributed by atoms with van der Waals surface area (Å²) in [6.07, 6.45) is 5.05. The van der Waals surface area contributed by atoms with E-state index in [2.05, 4.69) is 12.0 Å². The molecule has 3 rings (SSSR count). The van der Waals surface area contributed by atoms with Crippen LogP contribution in [0.5, 0.6) is 0 Å². The molecule has 0 aliphatic carbocycles. The largest absolute Gasteiger partial charge is 0.335 e. The summed E-state index contributed by atoms with van der Waals surface area (Å²) >= 11 is 0. The van der Waals surface area contributed by atoms with Crippen molar-refractivity contribution in [2.24, 2.45) is 5.10 Å². The molecule has 0 bridgehead atoms. The SMILES string of the molecule is CCC1CCCCN1C(=O)C1=NN(c2ccccc2)C(=O)CC1. The van der Waals surface area contributed by atoms with Gasteiger partial charge < -0.3 is 4.90 Å². The number of benzene rings is 1. The highest BCUT2D eigenvalue weighted by molar-refractivity contribution is 6.40. The Morgan fingerprint density at radius 2 is 2.00 bits per heavy atom. The molecule has 5 heteroatoms. The summed E-state index contributed by atoms with van der Waals surface area (Å²) in [5.41, 5.74) is 1.22. The van der Waals surface area contributed by atoms with Gasteiger partial charge >= 0.3 is 0 Å².